The molecule has 1 aliphatic carbocycles. The molecule has 90 valence electrons. The molecule has 2 amide bonds. The lowest BCUT2D eigenvalue weighted by Gasteiger charge is -2.27. The summed E-state index contributed by atoms with van der Waals surface area (Å²) in [6, 6.07) is 0.638. The number of nitrogens with zero attached hydrogens (tertiary/aromatic N) is 2. The Kier molecular flexibility index (Phi) is 3.63. The van der Waals surface area contributed by atoms with Gasteiger partial charge in [-0.1, -0.05) is 12.2 Å². The largest absolute Gasteiger partial charge is 0.393 e. The summed E-state index contributed by atoms with van der Waals surface area (Å²) in [6.45, 7) is 2.51. The number of hydrogen-bond acceptors (Lipinski definition) is 2. The van der Waals surface area contributed by atoms with Crippen LogP contribution in [0.15, 0.2) is 0 Å². The summed E-state index contributed by atoms with van der Waals surface area (Å²) in [4.78, 5) is 16.6. The Morgan fingerprint density at radius 2 is 2.00 bits per heavy atom. The average molecular weight is 241 g/mol. The SMILES string of the molecule is NC(=S)CCN(C(=O)N1CCCC1)C1CC1. The van der Waals surface area contributed by atoms with Gasteiger partial charge >= 0.3 is 6.03 Å². The lowest BCUT2D eigenvalue weighted by atomic mass is 10.3. The molecular formula is C11H19N3OS. The Morgan fingerprint density at radius 3 is 2.50 bits per heavy atom. The highest BCUT2D eigenvalue weighted by molar-refractivity contribution is 7.80. The molecule has 0 atom stereocenters. The maximum absolute atomic E-state index is 12.2. The quantitative estimate of drug-likeness (QED) is 0.756. The number of thiocarbonyl (C=S) groups is 1. The van der Waals surface area contributed by atoms with Crippen LogP contribution in [-0.4, -0.2) is 46.5 Å². The van der Waals surface area contributed by atoms with Gasteiger partial charge < -0.3 is 15.5 Å². The second kappa shape index (κ2) is 4.99. The van der Waals surface area contributed by atoms with Gasteiger partial charge in [0.15, 0.2) is 0 Å². The standard InChI is InChI=1S/C11H19N3OS/c12-10(16)5-8-14(9-3-4-9)11(15)13-6-1-2-7-13/h9H,1-8H2,(H2,12,16). The van der Waals surface area contributed by atoms with Gasteiger partial charge in [-0.15, -0.1) is 0 Å². The van der Waals surface area contributed by atoms with Crippen LogP contribution in [0.25, 0.3) is 0 Å². The molecule has 2 aliphatic rings. The molecule has 0 bridgehead atoms. The third kappa shape index (κ3) is 2.84. The smallest absolute Gasteiger partial charge is 0.320 e. The monoisotopic (exact) mass is 241 g/mol. The van der Waals surface area contributed by atoms with E-state index in [0.717, 1.165) is 38.8 Å². The van der Waals surface area contributed by atoms with Crippen molar-refractivity contribution in [3.8, 4) is 0 Å². The van der Waals surface area contributed by atoms with Crippen LogP contribution in [0.2, 0.25) is 0 Å². The number of likely N-dealkylation sites (tertiary alicyclic amines) is 1. The number of hydrogen-bond donors (Lipinski definition) is 1. The van der Waals surface area contributed by atoms with Gasteiger partial charge in [0.05, 0.1) is 4.99 Å². The van der Waals surface area contributed by atoms with E-state index in [4.69, 9.17) is 18.0 Å². The second-order valence-electron chi connectivity index (χ2n) is 4.62. The number of carbonyl (C=O) groups is 1. The van der Waals surface area contributed by atoms with Crippen LogP contribution in [0.4, 0.5) is 4.79 Å². The van der Waals surface area contributed by atoms with Gasteiger partial charge in [-0.3, -0.25) is 0 Å². The lowest BCUT2D eigenvalue weighted by Crippen LogP contribution is -2.44. The van der Waals surface area contributed by atoms with Crippen LogP contribution in [-0.2, 0) is 0 Å². The van der Waals surface area contributed by atoms with E-state index in [1.807, 2.05) is 9.80 Å². The van der Waals surface area contributed by atoms with Crippen molar-refractivity contribution in [3.63, 3.8) is 0 Å². The van der Waals surface area contributed by atoms with Crippen molar-refractivity contribution in [2.75, 3.05) is 19.6 Å². The fourth-order valence-electron chi connectivity index (χ4n) is 2.14. The molecule has 4 nitrogen and oxygen atoms in total. The van der Waals surface area contributed by atoms with Crippen molar-refractivity contribution in [1.82, 2.24) is 9.80 Å². The fraction of sp³-hybridized carbons (Fsp3) is 0.818. The molecule has 2 rings (SSSR count). The summed E-state index contributed by atoms with van der Waals surface area (Å²) in [5.74, 6) is 0. The highest BCUT2D eigenvalue weighted by Gasteiger charge is 2.35. The molecule has 0 aromatic heterocycles. The fourth-order valence-corrected chi connectivity index (χ4v) is 2.23. The van der Waals surface area contributed by atoms with Crippen molar-refractivity contribution >= 4 is 23.2 Å². The van der Waals surface area contributed by atoms with Gasteiger partial charge in [0.25, 0.3) is 0 Å². The molecule has 5 heteroatoms. The molecule has 0 unspecified atom stereocenters. The molecule has 0 spiro atoms. The highest BCUT2D eigenvalue weighted by Crippen LogP contribution is 2.28. The molecular weight excluding hydrogens is 222 g/mol. The van der Waals surface area contributed by atoms with Crippen LogP contribution < -0.4 is 5.73 Å². The van der Waals surface area contributed by atoms with Gasteiger partial charge in [0.2, 0.25) is 0 Å². The Bertz CT molecular complexity index is 285. The van der Waals surface area contributed by atoms with Gasteiger partial charge in [0, 0.05) is 32.1 Å². The summed E-state index contributed by atoms with van der Waals surface area (Å²) < 4.78 is 0. The van der Waals surface area contributed by atoms with E-state index in [1.165, 1.54) is 0 Å². The minimum absolute atomic E-state index is 0.191. The van der Waals surface area contributed by atoms with Crippen molar-refractivity contribution in [3.05, 3.63) is 0 Å². The lowest BCUT2D eigenvalue weighted by molar-refractivity contribution is 0.161. The molecule has 1 saturated heterocycles. The number of urea groups is 1. The van der Waals surface area contributed by atoms with Crippen LogP contribution >= 0.6 is 12.2 Å². The van der Waals surface area contributed by atoms with Crippen molar-refractivity contribution < 1.29 is 4.79 Å². The number of amides is 2. The predicted molar refractivity (Wildman–Crippen MR) is 67.3 cm³/mol. The van der Waals surface area contributed by atoms with Crippen molar-refractivity contribution in [2.24, 2.45) is 5.73 Å². The Labute approximate surface area is 102 Å². The Hall–Kier alpha value is -0.840. The number of rotatable bonds is 4. The minimum atomic E-state index is 0.191. The highest BCUT2D eigenvalue weighted by atomic mass is 32.1. The zero-order valence-electron chi connectivity index (χ0n) is 9.52. The summed E-state index contributed by atoms with van der Waals surface area (Å²) in [6.07, 6.45) is 5.19. The van der Waals surface area contributed by atoms with Gasteiger partial charge in [0.1, 0.15) is 0 Å². The van der Waals surface area contributed by atoms with Crippen LogP contribution in [0.3, 0.4) is 0 Å². The first kappa shape index (κ1) is 11.6. The van der Waals surface area contributed by atoms with E-state index in [2.05, 4.69) is 0 Å². The molecule has 2 N–H and O–H groups in total. The van der Waals surface area contributed by atoms with E-state index in [0.29, 0.717) is 24.0 Å². The molecule has 0 aromatic carbocycles. The zero-order valence-corrected chi connectivity index (χ0v) is 10.3. The topological polar surface area (TPSA) is 49.6 Å². The van der Waals surface area contributed by atoms with Gasteiger partial charge in [-0.05, 0) is 25.7 Å². The maximum Gasteiger partial charge on any atom is 0.320 e. The summed E-state index contributed by atoms with van der Waals surface area (Å²) in [5.41, 5.74) is 5.49. The third-order valence-corrected chi connectivity index (χ3v) is 3.41. The Morgan fingerprint density at radius 1 is 1.38 bits per heavy atom. The molecule has 2 fully saturated rings. The van der Waals surface area contributed by atoms with Gasteiger partial charge in [-0.25, -0.2) is 4.79 Å². The van der Waals surface area contributed by atoms with E-state index >= 15 is 0 Å². The molecule has 0 aromatic rings. The minimum Gasteiger partial charge on any atom is -0.393 e. The first-order valence-electron chi connectivity index (χ1n) is 6.02. The molecule has 1 heterocycles. The van der Waals surface area contributed by atoms with Gasteiger partial charge in [-0.2, -0.15) is 0 Å². The first-order valence-corrected chi connectivity index (χ1v) is 6.43. The Balaban J connectivity index is 1.89. The normalized spacial score (nSPS) is 19.9. The summed E-state index contributed by atoms with van der Waals surface area (Å²) >= 11 is 4.87. The predicted octanol–water partition coefficient (Wildman–Crippen LogP) is 1.34. The molecule has 1 saturated carbocycles. The van der Waals surface area contributed by atoms with E-state index < -0.39 is 0 Å². The van der Waals surface area contributed by atoms with Crippen LogP contribution in [0, 0.1) is 0 Å². The van der Waals surface area contributed by atoms with E-state index in [9.17, 15) is 4.79 Å². The van der Waals surface area contributed by atoms with Crippen molar-refractivity contribution in [1.29, 1.82) is 0 Å². The second-order valence-corrected chi connectivity index (χ2v) is 5.14. The van der Waals surface area contributed by atoms with E-state index in [1.54, 1.807) is 0 Å². The number of carbonyl (C=O) groups excluding carboxylic acids is 1. The number of nitrogens with two attached hydrogens (primary N) is 1. The molecule has 16 heavy (non-hydrogen) atoms. The van der Waals surface area contributed by atoms with Crippen molar-refractivity contribution in [2.45, 2.75) is 38.1 Å². The first-order chi connectivity index (χ1) is 7.68. The maximum atomic E-state index is 12.2. The van der Waals surface area contributed by atoms with E-state index in [-0.39, 0.29) is 6.03 Å². The molecule has 0 radical (unpaired) electrons. The van der Waals surface area contributed by atoms with Crippen LogP contribution in [0.1, 0.15) is 32.1 Å². The average Bonchev–Trinajstić information content (AvgIpc) is 2.93. The summed E-state index contributed by atoms with van der Waals surface area (Å²) in [5, 5.41) is 0. The summed E-state index contributed by atoms with van der Waals surface area (Å²) in [7, 11) is 0. The molecule has 1 aliphatic heterocycles. The van der Waals surface area contributed by atoms with Crippen LogP contribution in [0.5, 0.6) is 0 Å². The zero-order chi connectivity index (χ0) is 11.5. The third-order valence-electron chi connectivity index (χ3n) is 3.21.